The lowest BCUT2D eigenvalue weighted by atomic mass is 10.2. The molecular formula is C15H27NO4SSi. The van der Waals surface area contributed by atoms with Gasteiger partial charge in [0.1, 0.15) is 18.1 Å². The van der Waals surface area contributed by atoms with Gasteiger partial charge in [-0.2, -0.15) is 0 Å². The van der Waals surface area contributed by atoms with Gasteiger partial charge in [0.2, 0.25) is 0 Å². The van der Waals surface area contributed by atoms with Gasteiger partial charge >= 0.3 is 0 Å². The summed E-state index contributed by atoms with van der Waals surface area (Å²) in [6, 6.07) is 5.76. The first-order valence-electron chi connectivity index (χ1n) is 7.34. The SMILES string of the molecule is CCOc1cc(N(CCS(C)(=O)=O)[Si](C)(C)C)ccc1OC. The maximum atomic E-state index is 11.5. The van der Waals surface area contributed by atoms with Crippen molar-refractivity contribution in [1.82, 2.24) is 0 Å². The van der Waals surface area contributed by atoms with Crippen molar-refractivity contribution in [2.75, 3.05) is 36.8 Å². The van der Waals surface area contributed by atoms with Crippen LogP contribution in [0.5, 0.6) is 11.5 Å². The van der Waals surface area contributed by atoms with Crippen LogP contribution < -0.4 is 14.0 Å². The molecular weight excluding hydrogens is 318 g/mol. The van der Waals surface area contributed by atoms with Crippen LogP contribution in [0.4, 0.5) is 5.69 Å². The van der Waals surface area contributed by atoms with Crippen molar-refractivity contribution in [3.05, 3.63) is 18.2 Å². The minimum Gasteiger partial charge on any atom is -0.493 e. The van der Waals surface area contributed by atoms with Gasteiger partial charge in [0, 0.05) is 24.6 Å². The number of sulfone groups is 1. The van der Waals surface area contributed by atoms with Crippen LogP contribution in [-0.4, -0.2) is 48.9 Å². The molecule has 0 saturated heterocycles. The molecule has 0 saturated carbocycles. The zero-order chi connectivity index (χ0) is 17.0. The topological polar surface area (TPSA) is 55.8 Å². The van der Waals surface area contributed by atoms with Crippen molar-refractivity contribution in [2.45, 2.75) is 26.6 Å². The van der Waals surface area contributed by atoms with Crippen molar-refractivity contribution in [3.8, 4) is 11.5 Å². The lowest BCUT2D eigenvalue weighted by Crippen LogP contribution is -2.48. The summed E-state index contributed by atoms with van der Waals surface area (Å²) in [7, 11) is -3.12. The van der Waals surface area contributed by atoms with E-state index in [1.54, 1.807) is 7.11 Å². The van der Waals surface area contributed by atoms with Crippen LogP contribution in [0.1, 0.15) is 6.92 Å². The van der Waals surface area contributed by atoms with Crippen LogP contribution in [0.15, 0.2) is 18.2 Å². The Bertz CT molecular complexity index is 596. The van der Waals surface area contributed by atoms with E-state index in [2.05, 4.69) is 24.2 Å². The number of rotatable bonds is 8. The molecule has 126 valence electrons. The fraction of sp³-hybridized carbons (Fsp3) is 0.600. The highest BCUT2D eigenvalue weighted by Crippen LogP contribution is 2.33. The Labute approximate surface area is 135 Å². The Morgan fingerprint density at radius 1 is 1.18 bits per heavy atom. The fourth-order valence-corrected chi connectivity index (χ4v) is 4.58. The van der Waals surface area contributed by atoms with Crippen molar-refractivity contribution in [1.29, 1.82) is 0 Å². The number of nitrogens with zero attached hydrogens (tertiary/aromatic N) is 1. The Kier molecular flexibility index (Phi) is 6.31. The summed E-state index contributed by atoms with van der Waals surface area (Å²) in [5.74, 6) is 1.52. The Morgan fingerprint density at radius 3 is 2.27 bits per heavy atom. The quantitative estimate of drug-likeness (QED) is 0.678. The highest BCUT2D eigenvalue weighted by atomic mass is 32.2. The smallest absolute Gasteiger partial charge is 0.163 e. The van der Waals surface area contributed by atoms with Gasteiger partial charge in [0.05, 0.1) is 19.5 Å². The van der Waals surface area contributed by atoms with Gasteiger partial charge in [-0.1, -0.05) is 19.6 Å². The standard InChI is InChI=1S/C15H27NO4SSi/c1-7-20-15-12-13(8-9-14(15)19-2)16(22(4,5)6)10-11-21(3,17)18/h8-9,12H,7,10-11H2,1-6H3. The van der Waals surface area contributed by atoms with E-state index in [1.807, 2.05) is 25.1 Å². The van der Waals surface area contributed by atoms with E-state index in [4.69, 9.17) is 9.47 Å². The molecule has 0 atom stereocenters. The van der Waals surface area contributed by atoms with Gasteiger partial charge < -0.3 is 14.0 Å². The molecule has 0 unspecified atom stereocenters. The van der Waals surface area contributed by atoms with Crippen LogP contribution >= 0.6 is 0 Å². The molecule has 1 aromatic rings. The number of hydrogen-bond acceptors (Lipinski definition) is 5. The molecule has 1 rings (SSSR count). The normalized spacial score (nSPS) is 12.1. The molecule has 0 aliphatic carbocycles. The van der Waals surface area contributed by atoms with Gasteiger partial charge in [0.25, 0.3) is 0 Å². The van der Waals surface area contributed by atoms with Crippen molar-refractivity contribution >= 4 is 23.8 Å². The largest absolute Gasteiger partial charge is 0.493 e. The van der Waals surface area contributed by atoms with Gasteiger partial charge in [0.15, 0.2) is 11.5 Å². The summed E-state index contributed by atoms with van der Waals surface area (Å²) in [5.41, 5.74) is 0.979. The van der Waals surface area contributed by atoms with E-state index in [9.17, 15) is 8.42 Å². The van der Waals surface area contributed by atoms with Crippen LogP contribution in [0.25, 0.3) is 0 Å². The first-order chi connectivity index (χ1) is 10.1. The molecule has 0 spiro atoms. The number of ether oxygens (including phenoxy) is 2. The lowest BCUT2D eigenvalue weighted by molar-refractivity contribution is 0.311. The molecule has 0 aliphatic rings. The van der Waals surface area contributed by atoms with Crippen LogP contribution in [0.2, 0.25) is 19.6 Å². The number of methoxy groups -OCH3 is 1. The lowest BCUT2D eigenvalue weighted by Gasteiger charge is -2.36. The molecule has 0 radical (unpaired) electrons. The van der Waals surface area contributed by atoms with Gasteiger partial charge in [-0.15, -0.1) is 0 Å². The monoisotopic (exact) mass is 345 g/mol. The molecule has 5 nitrogen and oxygen atoms in total. The average molecular weight is 346 g/mol. The van der Waals surface area contributed by atoms with Crippen LogP contribution in [-0.2, 0) is 9.84 Å². The number of anilines is 1. The van der Waals surface area contributed by atoms with E-state index in [0.29, 0.717) is 24.7 Å². The minimum atomic E-state index is -3.00. The summed E-state index contributed by atoms with van der Waals surface area (Å²) in [5, 5.41) is 0. The zero-order valence-corrected chi connectivity index (χ0v) is 16.2. The first kappa shape index (κ1) is 18.8. The Balaban J connectivity index is 3.16. The molecule has 0 amide bonds. The van der Waals surface area contributed by atoms with Gasteiger partial charge in [-0.3, -0.25) is 0 Å². The fourth-order valence-electron chi connectivity index (χ4n) is 2.21. The molecule has 0 bridgehead atoms. The van der Waals surface area contributed by atoms with E-state index in [-0.39, 0.29) is 5.75 Å². The van der Waals surface area contributed by atoms with Crippen molar-refractivity contribution < 1.29 is 17.9 Å². The Morgan fingerprint density at radius 2 is 1.82 bits per heavy atom. The number of benzene rings is 1. The summed E-state index contributed by atoms with van der Waals surface area (Å²) in [6.45, 7) is 9.55. The summed E-state index contributed by atoms with van der Waals surface area (Å²) in [6.07, 6.45) is 1.27. The molecule has 0 heterocycles. The second-order valence-electron chi connectivity index (χ2n) is 6.22. The van der Waals surface area contributed by atoms with Crippen molar-refractivity contribution in [3.63, 3.8) is 0 Å². The Hall–Kier alpha value is -1.21. The predicted molar refractivity (Wildman–Crippen MR) is 94.6 cm³/mol. The maximum absolute atomic E-state index is 11.5. The third-order valence-electron chi connectivity index (χ3n) is 3.25. The molecule has 1 aromatic carbocycles. The first-order valence-corrected chi connectivity index (χ1v) is 12.9. The predicted octanol–water partition coefficient (Wildman–Crippen LogP) is 2.78. The highest BCUT2D eigenvalue weighted by molar-refractivity contribution is 7.90. The number of hydrogen-bond donors (Lipinski definition) is 0. The average Bonchev–Trinajstić information content (AvgIpc) is 2.36. The van der Waals surface area contributed by atoms with Crippen molar-refractivity contribution in [2.24, 2.45) is 0 Å². The molecule has 0 N–H and O–H groups in total. The second kappa shape index (κ2) is 7.37. The third kappa shape index (κ3) is 5.53. The summed E-state index contributed by atoms with van der Waals surface area (Å²) >= 11 is 0. The zero-order valence-electron chi connectivity index (χ0n) is 14.3. The van der Waals surface area contributed by atoms with E-state index in [1.165, 1.54) is 6.26 Å². The summed E-state index contributed by atoms with van der Waals surface area (Å²) in [4.78, 5) is 0. The molecule has 0 aromatic heterocycles. The van der Waals surface area contributed by atoms with E-state index >= 15 is 0 Å². The summed E-state index contributed by atoms with van der Waals surface area (Å²) < 4.78 is 36.1. The highest BCUT2D eigenvalue weighted by Gasteiger charge is 2.26. The van der Waals surface area contributed by atoms with E-state index in [0.717, 1.165) is 5.69 Å². The minimum absolute atomic E-state index is 0.146. The molecule has 7 heteroatoms. The second-order valence-corrected chi connectivity index (χ2v) is 13.4. The van der Waals surface area contributed by atoms with Crippen LogP contribution in [0.3, 0.4) is 0 Å². The van der Waals surface area contributed by atoms with E-state index < -0.39 is 18.1 Å². The van der Waals surface area contributed by atoms with Gasteiger partial charge in [-0.25, -0.2) is 8.42 Å². The van der Waals surface area contributed by atoms with Gasteiger partial charge in [-0.05, 0) is 19.1 Å². The van der Waals surface area contributed by atoms with Crippen LogP contribution in [0, 0.1) is 0 Å². The molecule has 22 heavy (non-hydrogen) atoms. The maximum Gasteiger partial charge on any atom is 0.163 e. The molecule has 0 fully saturated rings. The third-order valence-corrected chi connectivity index (χ3v) is 6.28. The molecule has 0 aliphatic heterocycles.